The topological polar surface area (TPSA) is 42.4 Å². The molecule has 1 aliphatic heterocycles. The minimum absolute atomic E-state index is 0.0647. The average Bonchev–Trinajstić information content (AvgIpc) is 3.14. The highest BCUT2D eigenvalue weighted by atomic mass is 35.5. The van der Waals surface area contributed by atoms with E-state index >= 15 is 0 Å². The molecule has 0 N–H and O–H groups in total. The molecule has 1 atom stereocenters. The molecule has 0 saturated carbocycles. The zero-order valence-electron chi connectivity index (χ0n) is 15.8. The Morgan fingerprint density at radius 3 is 2.64 bits per heavy atom. The number of ether oxygens (including phenoxy) is 1. The highest BCUT2D eigenvalue weighted by molar-refractivity contribution is 7.20. The van der Waals surface area contributed by atoms with Gasteiger partial charge in [0.2, 0.25) is 5.91 Å². The number of likely N-dealkylation sites (tertiary alicyclic amines) is 1. The third kappa shape index (κ3) is 4.01. The Balaban J connectivity index is 1.37. The SMILES string of the molecule is CCC(C(=O)N1CCC(Oc2nc3c(Cl)cccc3s2)CC1)c1ccccc1. The fourth-order valence-corrected chi connectivity index (χ4v) is 4.92. The highest BCUT2D eigenvalue weighted by Crippen LogP contribution is 2.33. The van der Waals surface area contributed by atoms with Gasteiger partial charge >= 0.3 is 0 Å². The zero-order valence-corrected chi connectivity index (χ0v) is 17.4. The number of benzene rings is 2. The van der Waals surface area contributed by atoms with Gasteiger partial charge < -0.3 is 9.64 Å². The van der Waals surface area contributed by atoms with Gasteiger partial charge in [-0.3, -0.25) is 4.79 Å². The monoisotopic (exact) mass is 414 g/mol. The fraction of sp³-hybridized carbons (Fsp3) is 0.364. The van der Waals surface area contributed by atoms with Gasteiger partial charge in [0.05, 0.1) is 15.6 Å². The predicted molar refractivity (Wildman–Crippen MR) is 114 cm³/mol. The smallest absolute Gasteiger partial charge is 0.274 e. The molecule has 2 heterocycles. The first-order chi connectivity index (χ1) is 13.7. The predicted octanol–water partition coefficient (Wildman–Crippen LogP) is 5.51. The van der Waals surface area contributed by atoms with Crippen molar-refractivity contribution in [3.05, 3.63) is 59.1 Å². The lowest BCUT2D eigenvalue weighted by Crippen LogP contribution is -2.43. The van der Waals surface area contributed by atoms with Gasteiger partial charge in [0.1, 0.15) is 11.6 Å². The number of carbonyl (C=O) groups is 1. The molecular formula is C22H23ClN2O2S. The molecule has 146 valence electrons. The first kappa shape index (κ1) is 19.2. The molecule has 2 aromatic carbocycles. The Labute approximate surface area is 174 Å². The molecule has 1 aliphatic rings. The number of rotatable bonds is 5. The number of thiazole rings is 1. The lowest BCUT2D eigenvalue weighted by molar-refractivity contribution is -0.134. The second-order valence-electron chi connectivity index (χ2n) is 7.08. The number of amides is 1. The Hall–Kier alpha value is -2.11. The van der Waals surface area contributed by atoms with Crippen LogP contribution in [0.25, 0.3) is 10.2 Å². The zero-order chi connectivity index (χ0) is 19.5. The molecule has 6 heteroatoms. The van der Waals surface area contributed by atoms with Crippen LogP contribution >= 0.6 is 22.9 Å². The van der Waals surface area contributed by atoms with E-state index < -0.39 is 0 Å². The van der Waals surface area contributed by atoms with E-state index in [4.69, 9.17) is 16.3 Å². The minimum Gasteiger partial charge on any atom is -0.467 e. The second kappa shape index (κ2) is 8.50. The molecule has 1 fully saturated rings. The van der Waals surface area contributed by atoms with Gasteiger partial charge in [-0.1, -0.05) is 66.3 Å². The largest absolute Gasteiger partial charge is 0.467 e. The molecule has 0 bridgehead atoms. The van der Waals surface area contributed by atoms with Crippen molar-refractivity contribution in [2.75, 3.05) is 13.1 Å². The van der Waals surface area contributed by atoms with Crippen molar-refractivity contribution >= 4 is 39.1 Å². The maximum absolute atomic E-state index is 13.0. The van der Waals surface area contributed by atoms with Crippen molar-refractivity contribution in [2.45, 2.75) is 38.2 Å². The Kier molecular flexibility index (Phi) is 5.83. The van der Waals surface area contributed by atoms with E-state index in [1.807, 2.05) is 53.4 Å². The van der Waals surface area contributed by atoms with Crippen LogP contribution in [-0.4, -0.2) is 35.0 Å². The third-order valence-corrected chi connectivity index (χ3v) is 6.50. The minimum atomic E-state index is -0.0647. The summed E-state index contributed by atoms with van der Waals surface area (Å²) in [4.78, 5) is 19.5. The summed E-state index contributed by atoms with van der Waals surface area (Å²) in [7, 11) is 0. The molecule has 0 aliphatic carbocycles. The van der Waals surface area contributed by atoms with Crippen molar-refractivity contribution in [1.29, 1.82) is 0 Å². The van der Waals surface area contributed by atoms with Gasteiger partial charge in [-0.2, -0.15) is 0 Å². The lowest BCUT2D eigenvalue weighted by Gasteiger charge is -2.33. The van der Waals surface area contributed by atoms with E-state index in [2.05, 4.69) is 11.9 Å². The van der Waals surface area contributed by atoms with Crippen molar-refractivity contribution in [3.63, 3.8) is 0 Å². The van der Waals surface area contributed by atoms with Crippen LogP contribution < -0.4 is 4.74 Å². The number of para-hydroxylation sites is 1. The quantitative estimate of drug-likeness (QED) is 0.552. The number of carbonyl (C=O) groups excluding carboxylic acids is 1. The number of aromatic nitrogens is 1. The maximum Gasteiger partial charge on any atom is 0.274 e. The van der Waals surface area contributed by atoms with Crippen molar-refractivity contribution < 1.29 is 9.53 Å². The number of halogens is 1. The van der Waals surface area contributed by atoms with Crippen LogP contribution in [0.2, 0.25) is 5.02 Å². The van der Waals surface area contributed by atoms with E-state index in [0.717, 1.165) is 48.1 Å². The van der Waals surface area contributed by atoms with Crippen LogP contribution in [0.1, 0.15) is 37.7 Å². The van der Waals surface area contributed by atoms with E-state index in [9.17, 15) is 4.79 Å². The molecule has 4 rings (SSSR count). The average molecular weight is 415 g/mol. The van der Waals surface area contributed by atoms with Crippen molar-refractivity contribution in [2.24, 2.45) is 0 Å². The fourth-order valence-electron chi connectivity index (χ4n) is 3.74. The van der Waals surface area contributed by atoms with E-state index in [1.165, 1.54) is 11.3 Å². The first-order valence-electron chi connectivity index (χ1n) is 9.71. The summed E-state index contributed by atoms with van der Waals surface area (Å²) >= 11 is 7.73. The Bertz CT molecular complexity index is 952. The normalized spacial score (nSPS) is 16.3. The number of hydrogen-bond acceptors (Lipinski definition) is 4. The van der Waals surface area contributed by atoms with E-state index in [1.54, 1.807) is 0 Å². The lowest BCUT2D eigenvalue weighted by atomic mass is 9.94. The number of piperidine rings is 1. The van der Waals surface area contributed by atoms with Gasteiger partial charge in [-0.05, 0) is 24.1 Å². The van der Waals surface area contributed by atoms with E-state index in [-0.39, 0.29) is 17.9 Å². The third-order valence-electron chi connectivity index (χ3n) is 5.28. The molecule has 4 nitrogen and oxygen atoms in total. The van der Waals surface area contributed by atoms with Crippen LogP contribution in [0.4, 0.5) is 0 Å². The molecule has 1 saturated heterocycles. The van der Waals surface area contributed by atoms with Crippen molar-refractivity contribution in [3.8, 4) is 5.19 Å². The summed E-state index contributed by atoms with van der Waals surface area (Å²) in [6.07, 6.45) is 2.53. The molecule has 1 unspecified atom stereocenters. The summed E-state index contributed by atoms with van der Waals surface area (Å²) in [5.41, 5.74) is 1.89. The summed E-state index contributed by atoms with van der Waals surface area (Å²) in [5.74, 6) is 0.156. The van der Waals surface area contributed by atoms with Gasteiger partial charge in [0.25, 0.3) is 5.19 Å². The van der Waals surface area contributed by atoms with E-state index in [0.29, 0.717) is 10.2 Å². The van der Waals surface area contributed by atoms with Crippen LogP contribution in [0.5, 0.6) is 5.19 Å². The van der Waals surface area contributed by atoms with Crippen LogP contribution in [0.15, 0.2) is 48.5 Å². The summed E-state index contributed by atoms with van der Waals surface area (Å²) in [5, 5.41) is 1.30. The van der Waals surface area contributed by atoms with Crippen molar-refractivity contribution in [1.82, 2.24) is 9.88 Å². The van der Waals surface area contributed by atoms with Crippen LogP contribution in [-0.2, 0) is 4.79 Å². The second-order valence-corrected chi connectivity index (χ2v) is 8.48. The standard InChI is InChI=1S/C22H23ClN2O2S/c1-2-17(15-7-4-3-5-8-15)21(26)25-13-11-16(12-14-25)27-22-24-20-18(23)9-6-10-19(20)28-22/h3-10,16-17H,2,11-14H2,1H3. The molecular weight excluding hydrogens is 392 g/mol. The first-order valence-corrected chi connectivity index (χ1v) is 10.9. The Morgan fingerprint density at radius 1 is 1.21 bits per heavy atom. The molecule has 1 amide bonds. The molecule has 28 heavy (non-hydrogen) atoms. The maximum atomic E-state index is 13.0. The summed E-state index contributed by atoms with van der Waals surface area (Å²) < 4.78 is 7.14. The number of fused-ring (bicyclic) bond motifs is 1. The van der Waals surface area contributed by atoms with Gasteiger partial charge in [-0.25, -0.2) is 4.98 Å². The van der Waals surface area contributed by atoms with Gasteiger partial charge in [0.15, 0.2) is 0 Å². The van der Waals surface area contributed by atoms with Crippen LogP contribution in [0, 0.1) is 0 Å². The van der Waals surface area contributed by atoms with Gasteiger partial charge in [-0.15, -0.1) is 0 Å². The summed E-state index contributed by atoms with van der Waals surface area (Å²) in [6, 6.07) is 15.8. The number of nitrogens with zero attached hydrogens (tertiary/aromatic N) is 2. The summed E-state index contributed by atoms with van der Waals surface area (Å²) in [6.45, 7) is 3.51. The molecule has 1 aromatic heterocycles. The molecule has 0 spiro atoms. The van der Waals surface area contributed by atoms with Crippen LogP contribution in [0.3, 0.4) is 0 Å². The highest BCUT2D eigenvalue weighted by Gasteiger charge is 2.29. The molecule has 0 radical (unpaired) electrons. The Morgan fingerprint density at radius 2 is 1.96 bits per heavy atom. The number of hydrogen-bond donors (Lipinski definition) is 0. The van der Waals surface area contributed by atoms with Gasteiger partial charge in [0, 0.05) is 25.9 Å². The molecule has 3 aromatic rings.